The summed E-state index contributed by atoms with van der Waals surface area (Å²) in [5.41, 5.74) is 2.97. The molecule has 0 aliphatic carbocycles. The minimum atomic E-state index is -1.09. The zero-order chi connectivity index (χ0) is 18.3. The first-order valence-corrected chi connectivity index (χ1v) is 8.57. The summed E-state index contributed by atoms with van der Waals surface area (Å²) in [6.07, 6.45) is 0. The number of carbonyl (C=O) groups is 1. The van der Waals surface area contributed by atoms with Gasteiger partial charge >= 0.3 is 0 Å². The molecule has 2 aromatic heterocycles. The van der Waals surface area contributed by atoms with E-state index in [2.05, 4.69) is 15.4 Å². The second kappa shape index (κ2) is 6.30. The molecule has 0 fully saturated rings. The van der Waals surface area contributed by atoms with Crippen molar-refractivity contribution in [2.24, 2.45) is 0 Å². The van der Waals surface area contributed by atoms with Gasteiger partial charge in [-0.25, -0.2) is 13.3 Å². The lowest BCUT2D eigenvalue weighted by Crippen LogP contribution is -2.13. The maximum Gasteiger partial charge on any atom is 0.258 e. The third-order valence-electron chi connectivity index (χ3n) is 3.84. The summed E-state index contributed by atoms with van der Waals surface area (Å²) < 4.78 is 27.9. The molecule has 4 aromatic rings. The summed E-state index contributed by atoms with van der Waals surface area (Å²) in [6, 6.07) is 10.9. The molecule has 0 aliphatic heterocycles. The fourth-order valence-corrected chi connectivity index (χ4v) is 3.30. The average Bonchev–Trinajstić information content (AvgIpc) is 3.18. The number of fused-ring (bicyclic) bond motifs is 1. The first-order valence-electron chi connectivity index (χ1n) is 7.69. The SMILES string of the molecule is Cc1ccc(-c2csc3nc(NC(=O)c4ccc(F)c(F)c4)nn23)cc1. The van der Waals surface area contributed by atoms with Crippen molar-refractivity contribution < 1.29 is 13.6 Å². The van der Waals surface area contributed by atoms with Gasteiger partial charge < -0.3 is 0 Å². The van der Waals surface area contributed by atoms with Gasteiger partial charge in [0.05, 0.1) is 5.69 Å². The molecule has 2 aromatic carbocycles. The first kappa shape index (κ1) is 16.3. The molecule has 0 saturated carbocycles. The molecular weight excluding hydrogens is 358 g/mol. The van der Waals surface area contributed by atoms with Crippen molar-refractivity contribution in [1.82, 2.24) is 14.6 Å². The summed E-state index contributed by atoms with van der Waals surface area (Å²) in [7, 11) is 0. The van der Waals surface area contributed by atoms with Crippen LogP contribution in [0.5, 0.6) is 0 Å². The largest absolute Gasteiger partial charge is 0.289 e. The van der Waals surface area contributed by atoms with Crippen molar-refractivity contribution in [2.75, 3.05) is 5.32 Å². The standard InChI is InChI=1S/C18H12F2N4OS/c1-10-2-4-11(5-3-10)15-9-26-18-22-17(23-24(15)18)21-16(25)12-6-7-13(19)14(20)8-12/h2-9H,1H3,(H,21,23,25). The molecule has 4 rings (SSSR count). The van der Waals surface area contributed by atoms with E-state index < -0.39 is 17.5 Å². The Balaban J connectivity index is 1.62. The van der Waals surface area contributed by atoms with E-state index in [1.165, 1.54) is 17.4 Å². The number of benzene rings is 2. The Kier molecular flexibility index (Phi) is 3.96. The highest BCUT2D eigenvalue weighted by atomic mass is 32.1. The minimum Gasteiger partial charge on any atom is -0.289 e. The maximum atomic E-state index is 13.3. The van der Waals surface area contributed by atoms with Gasteiger partial charge in [0.25, 0.3) is 11.9 Å². The van der Waals surface area contributed by atoms with Crippen LogP contribution in [-0.4, -0.2) is 20.5 Å². The molecule has 8 heteroatoms. The van der Waals surface area contributed by atoms with Crippen LogP contribution >= 0.6 is 11.3 Å². The van der Waals surface area contributed by atoms with Gasteiger partial charge in [0.2, 0.25) is 4.96 Å². The Morgan fingerprint density at radius 3 is 2.62 bits per heavy atom. The number of hydrogen-bond donors (Lipinski definition) is 1. The number of thiazole rings is 1. The Hall–Kier alpha value is -3.13. The van der Waals surface area contributed by atoms with Crippen LogP contribution in [-0.2, 0) is 0 Å². The average molecular weight is 370 g/mol. The highest BCUT2D eigenvalue weighted by molar-refractivity contribution is 7.15. The second-order valence-electron chi connectivity index (χ2n) is 5.70. The number of halogens is 2. The molecule has 0 saturated heterocycles. The number of nitrogens with one attached hydrogen (secondary N) is 1. The van der Waals surface area contributed by atoms with Gasteiger partial charge in [0, 0.05) is 16.5 Å². The molecule has 0 radical (unpaired) electrons. The van der Waals surface area contributed by atoms with E-state index in [1.807, 2.05) is 36.6 Å². The van der Waals surface area contributed by atoms with Crippen LogP contribution < -0.4 is 5.32 Å². The Morgan fingerprint density at radius 2 is 1.88 bits per heavy atom. The van der Waals surface area contributed by atoms with E-state index in [0.717, 1.165) is 29.0 Å². The molecule has 1 amide bonds. The summed E-state index contributed by atoms with van der Waals surface area (Å²) in [5, 5.41) is 8.73. The van der Waals surface area contributed by atoms with E-state index in [0.29, 0.717) is 4.96 Å². The summed E-state index contributed by atoms with van der Waals surface area (Å²) in [5.74, 6) is -2.61. The summed E-state index contributed by atoms with van der Waals surface area (Å²) in [4.78, 5) is 17.0. The molecule has 5 nitrogen and oxygen atoms in total. The molecule has 0 bridgehead atoms. The lowest BCUT2D eigenvalue weighted by atomic mass is 10.1. The minimum absolute atomic E-state index is 0.0131. The van der Waals surface area contributed by atoms with Crippen LogP contribution in [0.2, 0.25) is 0 Å². The van der Waals surface area contributed by atoms with Crippen molar-refractivity contribution in [3.63, 3.8) is 0 Å². The van der Waals surface area contributed by atoms with Crippen molar-refractivity contribution >= 4 is 28.2 Å². The van der Waals surface area contributed by atoms with Crippen LogP contribution in [0.1, 0.15) is 15.9 Å². The van der Waals surface area contributed by atoms with Crippen molar-refractivity contribution in [1.29, 1.82) is 0 Å². The highest BCUT2D eigenvalue weighted by Gasteiger charge is 2.15. The third kappa shape index (κ3) is 2.95. The number of anilines is 1. The normalized spacial score (nSPS) is 11.0. The Bertz CT molecular complexity index is 1120. The van der Waals surface area contributed by atoms with Crippen LogP contribution in [0.15, 0.2) is 47.8 Å². The van der Waals surface area contributed by atoms with Crippen LogP contribution in [0.4, 0.5) is 14.7 Å². The lowest BCUT2D eigenvalue weighted by molar-refractivity contribution is 0.102. The van der Waals surface area contributed by atoms with Gasteiger partial charge in [0.1, 0.15) is 0 Å². The third-order valence-corrected chi connectivity index (χ3v) is 4.65. The zero-order valence-electron chi connectivity index (χ0n) is 13.5. The van der Waals surface area contributed by atoms with Crippen molar-refractivity contribution in [2.45, 2.75) is 6.92 Å². The van der Waals surface area contributed by atoms with E-state index in [9.17, 15) is 13.6 Å². The Morgan fingerprint density at radius 1 is 1.12 bits per heavy atom. The topological polar surface area (TPSA) is 59.3 Å². The number of nitrogens with zero attached hydrogens (tertiary/aromatic N) is 3. The summed E-state index contributed by atoms with van der Waals surface area (Å²) in [6.45, 7) is 2.01. The van der Waals surface area contributed by atoms with Gasteiger partial charge in [-0.15, -0.1) is 16.4 Å². The van der Waals surface area contributed by atoms with Crippen LogP contribution in [0.25, 0.3) is 16.2 Å². The predicted octanol–water partition coefficient (Wildman–Crippen LogP) is 4.30. The predicted molar refractivity (Wildman–Crippen MR) is 95.3 cm³/mol. The van der Waals surface area contributed by atoms with Crippen LogP contribution in [0, 0.1) is 18.6 Å². The smallest absolute Gasteiger partial charge is 0.258 e. The Labute approximate surface area is 150 Å². The second-order valence-corrected chi connectivity index (χ2v) is 6.54. The zero-order valence-corrected chi connectivity index (χ0v) is 14.3. The van der Waals surface area contributed by atoms with Gasteiger partial charge in [-0.05, 0) is 25.1 Å². The number of hydrogen-bond acceptors (Lipinski definition) is 4. The van der Waals surface area contributed by atoms with Gasteiger partial charge in [-0.3, -0.25) is 10.1 Å². The van der Waals surface area contributed by atoms with Crippen LogP contribution in [0.3, 0.4) is 0 Å². The number of aryl methyl sites for hydroxylation is 1. The number of carbonyl (C=O) groups excluding carboxylic acids is 1. The first-order chi connectivity index (χ1) is 12.5. The summed E-state index contributed by atoms with van der Waals surface area (Å²) >= 11 is 1.39. The molecular formula is C18H12F2N4OS. The molecule has 0 unspecified atom stereocenters. The maximum absolute atomic E-state index is 13.3. The fraction of sp³-hybridized carbons (Fsp3) is 0.0556. The van der Waals surface area contributed by atoms with E-state index in [-0.39, 0.29) is 11.5 Å². The van der Waals surface area contributed by atoms with E-state index in [4.69, 9.17) is 0 Å². The molecule has 0 spiro atoms. The molecule has 130 valence electrons. The van der Waals surface area contributed by atoms with E-state index >= 15 is 0 Å². The molecule has 2 heterocycles. The molecule has 26 heavy (non-hydrogen) atoms. The quantitative estimate of drug-likeness (QED) is 0.585. The molecule has 0 aliphatic rings. The number of rotatable bonds is 3. The van der Waals surface area contributed by atoms with E-state index in [1.54, 1.807) is 4.52 Å². The monoisotopic (exact) mass is 370 g/mol. The van der Waals surface area contributed by atoms with Crippen molar-refractivity contribution in [3.05, 3.63) is 70.6 Å². The molecule has 0 atom stereocenters. The van der Waals surface area contributed by atoms with Crippen molar-refractivity contribution in [3.8, 4) is 11.3 Å². The highest BCUT2D eigenvalue weighted by Crippen LogP contribution is 2.26. The number of amides is 1. The van der Waals surface area contributed by atoms with Gasteiger partial charge in [-0.2, -0.15) is 4.98 Å². The molecule has 1 N–H and O–H groups in total. The number of aromatic nitrogens is 3. The van der Waals surface area contributed by atoms with Gasteiger partial charge in [-0.1, -0.05) is 29.8 Å². The fourth-order valence-electron chi connectivity index (χ4n) is 2.47. The van der Waals surface area contributed by atoms with Gasteiger partial charge in [0.15, 0.2) is 11.6 Å². The lowest BCUT2D eigenvalue weighted by Gasteiger charge is -2.02.